The first kappa shape index (κ1) is 16.7. The first-order valence-electron chi connectivity index (χ1n) is 7.79. The summed E-state index contributed by atoms with van der Waals surface area (Å²) in [4.78, 5) is 27.6. The van der Waals surface area contributed by atoms with E-state index in [-0.39, 0.29) is 12.3 Å². The minimum atomic E-state index is -1.19. The summed E-state index contributed by atoms with van der Waals surface area (Å²) in [7, 11) is 0. The van der Waals surface area contributed by atoms with Crippen LogP contribution < -0.4 is 5.32 Å². The number of carboxylic acids is 1. The van der Waals surface area contributed by atoms with Crippen LogP contribution in [-0.2, 0) is 21.5 Å². The number of amides is 1. The maximum Gasteiger partial charge on any atom is 0.331 e. The van der Waals surface area contributed by atoms with Crippen LogP contribution in [0.4, 0.5) is 5.69 Å². The molecule has 8 heteroatoms. The van der Waals surface area contributed by atoms with Gasteiger partial charge in [0.25, 0.3) is 0 Å². The number of carbonyl (C=O) groups excluding carboxylic acids is 1. The number of rotatable bonds is 6. The highest BCUT2D eigenvalue weighted by atomic mass is 16.4. The third kappa shape index (κ3) is 3.52. The molecule has 0 aliphatic carbocycles. The SMILES string of the molecule is CC(C)(C(=O)O)n1cc(NC(=O)CCc2nc3ccccc3o2)cn1. The molecule has 3 rings (SSSR count). The Labute approximate surface area is 143 Å². The van der Waals surface area contributed by atoms with Gasteiger partial charge < -0.3 is 14.8 Å². The zero-order chi connectivity index (χ0) is 18.0. The van der Waals surface area contributed by atoms with Crippen LogP contribution in [0.1, 0.15) is 26.2 Å². The van der Waals surface area contributed by atoms with E-state index in [4.69, 9.17) is 4.42 Å². The number of aromatic nitrogens is 3. The first-order chi connectivity index (χ1) is 11.9. The van der Waals surface area contributed by atoms with Crippen LogP contribution in [0.15, 0.2) is 41.1 Å². The Morgan fingerprint density at radius 1 is 1.32 bits per heavy atom. The second-order valence-electron chi connectivity index (χ2n) is 6.16. The number of aryl methyl sites for hydroxylation is 1. The van der Waals surface area contributed by atoms with Gasteiger partial charge in [0.2, 0.25) is 5.91 Å². The van der Waals surface area contributed by atoms with Gasteiger partial charge in [0.15, 0.2) is 17.0 Å². The molecule has 25 heavy (non-hydrogen) atoms. The topological polar surface area (TPSA) is 110 Å². The lowest BCUT2D eigenvalue weighted by Gasteiger charge is -2.19. The minimum Gasteiger partial charge on any atom is -0.479 e. The Morgan fingerprint density at radius 2 is 2.08 bits per heavy atom. The molecule has 0 fully saturated rings. The molecule has 0 saturated carbocycles. The molecular formula is C17H18N4O4. The van der Waals surface area contributed by atoms with Crippen molar-refractivity contribution in [2.45, 2.75) is 32.2 Å². The van der Waals surface area contributed by atoms with Crippen LogP contribution in [0.25, 0.3) is 11.1 Å². The molecule has 1 aromatic carbocycles. The van der Waals surface area contributed by atoms with Crippen LogP contribution >= 0.6 is 0 Å². The van der Waals surface area contributed by atoms with Gasteiger partial charge in [-0.25, -0.2) is 9.78 Å². The van der Waals surface area contributed by atoms with Crippen molar-refractivity contribution in [3.8, 4) is 0 Å². The van der Waals surface area contributed by atoms with Crippen molar-refractivity contribution in [2.24, 2.45) is 0 Å². The number of carboxylic acid groups (broad SMARTS) is 1. The molecule has 0 bridgehead atoms. The van der Waals surface area contributed by atoms with E-state index in [1.807, 2.05) is 24.3 Å². The zero-order valence-corrected chi connectivity index (χ0v) is 13.9. The molecule has 0 aliphatic heterocycles. The number of aliphatic carboxylic acids is 1. The summed E-state index contributed by atoms with van der Waals surface area (Å²) >= 11 is 0. The molecule has 3 aromatic rings. The molecule has 0 spiro atoms. The smallest absolute Gasteiger partial charge is 0.331 e. The minimum absolute atomic E-state index is 0.195. The van der Waals surface area contributed by atoms with E-state index in [1.54, 1.807) is 0 Å². The summed E-state index contributed by atoms with van der Waals surface area (Å²) < 4.78 is 6.87. The van der Waals surface area contributed by atoms with Gasteiger partial charge in [0.1, 0.15) is 5.52 Å². The van der Waals surface area contributed by atoms with Crippen LogP contribution in [-0.4, -0.2) is 31.7 Å². The number of carbonyl (C=O) groups is 2. The van der Waals surface area contributed by atoms with Gasteiger partial charge in [-0.3, -0.25) is 9.48 Å². The summed E-state index contributed by atoms with van der Waals surface area (Å²) in [6.45, 7) is 3.06. The zero-order valence-electron chi connectivity index (χ0n) is 13.9. The van der Waals surface area contributed by atoms with E-state index in [2.05, 4.69) is 15.4 Å². The fourth-order valence-electron chi connectivity index (χ4n) is 2.26. The summed E-state index contributed by atoms with van der Waals surface area (Å²) in [5.41, 5.74) is 0.698. The van der Waals surface area contributed by atoms with E-state index < -0.39 is 11.5 Å². The van der Waals surface area contributed by atoms with Crippen molar-refractivity contribution in [3.05, 3.63) is 42.5 Å². The molecule has 0 radical (unpaired) electrons. The van der Waals surface area contributed by atoms with E-state index in [0.29, 0.717) is 23.6 Å². The third-order valence-corrected chi connectivity index (χ3v) is 3.87. The van der Waals surface area contributed by atoms with Crippen molar-refractivity contribution < 1.29 is 19.1 Å². The van der Waals surface area contributed by atoms with Gasteiger partial charge >= 0.3 is 5.97 Å². The van der Waals surface area contributed by atoms with Gasteiger partial charge in [-0.2, -0.15) is 5.10 Å². The quantitative estimate of drug-likeness (QED) is 0.712. The fraction of sp³-hybridized carbons (Fsp3) is 0.294. The lowest BCUT2D eigenvalue weighted by atomic mass is 10.1. The number of hydrogen-bond donors (Lipinski definition) is 2. The molecule has 2 aromatic heterocycles. The lowest BCUT2D eigenvalue weighted by molar-refractivity contribution is -0.146. The van der Waals surface area contributed by atoms with E-state index in [9.17, 15) is 14.7 Å². The predicted molar refractivity (Wildman–Crippen MR) is 90.1 cm³/mol. The van der Waals surface area contributed by atoms with Crippen molar-refractivity contribution in [1.29, 1.82) is 0 Å². The van der Waals surface area contributed by atoms with Crippen LogP contribution in [0.2, 0.25) is 0 Å². The molecule has 0 unspecified atom stereocenters. The Kier molecular flexibility index (Phi) is 4.26. The Hall–Kier alpha value is -3.16. The average molecular weight is 342 g/mol. The van der Waals surface area contributed by atoms with Gasteiger partial charge in [0.05, 0.1) is 11.9 Å². The molecule has 2 heterocycles. The Morgan fingerprint density at radius 3 is 2.80 bits per heavy atom. The van der Waals surface area contributed by atoms with E-state index in [1.165, 1.54) is 30.9 Å². The monoisotopic (exact) mass is 342 g/mol. The average Bonchev–Trinajstić information content (AvgIpc) is 3.19. The summed E-state index contributed by atoms with van der Waals surface area (Å²) in [6.07, 6.45) is 3.48. The molecule has 1 amide bonds. The second-order valence-corrected chi connectivity index (χ2v) is 6.16. The van der Waals surface area contributed by atoms with Crippen molar-refractivity contribution in [2.75, 3.05) is 5.32 Å². The van der Waals surface area contributed by atoms with E-state index in [0.717, 1.165) is 5.52 Å². The number of nitrogens with zero attached hydrogens (tertiary/aromatic N) is 3. The van der Waals surface area contributed by atoms with Crippen molar-refractivity contribution in [3.63, 3.8) is 0 Å². The van der Waals surface area contributed by atoms with E-state index >= 15 is 0 Å². The standard InChI is InChI=1S/C17H18N4O4/c1-17(2,16(23)24)21-10-11(9-18-21)19-14(22)7-8-15-20-12-5-3-4-6-13(12)25-15/h3-6,9-10H,7-8H2,1-2H3,(H,19,22)(H,23,24). The molecule has 0 saturated heterocycles. The Bertz CT molecular complexity index is 893. The highest BCUT2D eigenvalue weighted by Crippen LogP contribution is 2.18. The number of benzene rings is 1. The van der Waals surface area contributed by atoms with Gasteiger partial charge in [-0.15, -0.1) is 0 Å². The summed E-state index contributed by atoms with van der Waals surface area (Å²) in [5.74, 6) is -0.738. The molecular weight excluding hydrogens is 324 g/mol. The lowest BCUT2D eigenvalue weighted by Crippen LogP contribution is -2.35. The summed E-state index contributed by atoms with van der Waals surface area (Å²) in [6, 6.07) is 7.41. The molecule has 2 N–H and O–H groups in total. The Balaban J connectivity index is 1.59. The number of hydrogen-bond acceptors (Lipinski definition) is 5. The maximum absolute atomic E-state index is 12.1. The molecule has 8 nitrogen and oxygen atoms in total. The number of anilines is 1. The second kappa shape index (κ2) is 6.39. The third-order valence-electron chi connectivity index (χ3n) is 3.87. The van der Waals surface area contributed by atoms with Crippen molar-refractivity contribution >= 4 is 28.7 Å². The van der Waals surface area contributed by atoms with Crippen molar-refractivity contribution in [1.82, 2.24) is 14.8 Å². The molecule has 0 atom stereocenters. The van der Waals surface area contributed by atoms with Crippen LogP contribution in [0.3, 0.4) is 0 Å². The number of oxazole rings is 1. The van der Waals surface area contributed by atoms with Crippen LogP contribution in [0.5, 0.6) is 0 Å². The number of nitrogens with one attached hydrogen (secondary N) is 1. The predicted octanol–water partition coefficient (Wildman–Crippen LogP) is 2.42. The summed E-state index contributed by atoms with van der Waals surface area (Å²) in [5, 5.41) is 15.9. The normalized spacial score (nSPS) is 11.6. The number of fused-ring (bicyclic) bond motifs is 1. The largest absolute Gasteiger partial charge is 0.479 e. The molecule has 130 valence electrons. The maximum atomic E-state index is 12.1. The highest BCUT2D eigenvalue weighted by molar-refractivity contribution is 5.90. The molecule has 0 aliphatic rings. The van der Waals surface area contributed by atoms with Crippen LogP contribution in [0, 0.1) is 0 Å². The first-order valence-corrected chi connectivity index (χ1v) is 7.79. The number of para-hydroxylation sites is 2. The highest BCUT2D eigenvalue weighted by Gasteiger charge is 2.30. The van der Waals surface area contributed by atoms with Gasteiger partial charge in [-0.05, 0) is 26.0 Å². The van der Waals surface area contributed by atoms with Gasteiger partial charge in [-0.1, -0.05) is 12.1 Å². The fourth-order valence-corrected chi connectivity index (χ4v) is 2.26. The van der Waals surface area contributed by atoms with Gasteiger partial charge in [0, 0.05) is 19.0 Å².